The summed E-state index contributed by atoms with van der Waals surface area (Å²) in [6, 6.07) is -1.19. The van der Waals surface area contributed by atoms with Crippen LogP contribution in [0.2, 0.25) is 0 Å². The molecular weight excluding hydrogens is 859 g/mol. The van der Waals surface area contributed by atoms with Gasteiger partial charge in [-0.3, -0.25) is 4.79 Å². The number of carbonyl (C=O) groups excluding carboxylic acids is 1. The molecule has 0 spiro atoms. The number of allylic oxidation sites excluding steroid dienone is 8. The number of ether oxygens (including phenoxy) is 2. The lowest BCUT2D eigenvalue weighted by Gasteiger charge is -2.40. The van der Waals surface area contributed by atoms with E-state index in [0.717, 1.165) is 51.4 Å². The minimum atomic E-state index is -1.67. The highest BCUT2D eigenvalue weighted by Gasteiger charge is 2.44. The van der Waals surface area contributed by atoms with Crippen molar-refractivity contribution in [2.75, 3.05) is 13.2 Å². The highest BCUT2D eigenvalue weighted by atomic mass is 16.7. The van der Waals surface area contributed by atoms with Gasteiger partial charge in [0, 0.05) is 0 Å². The summed E-state index contributed by atoms with van der Waals surface area (Å²) in [6.45, 7) is 3.37. The number of aliphatic hydroxyl groups is 7. The van der Waals surface area contributed by atoms with Gasteiger partial charge in [-0.05, 0) is 83.5 Å². The summed E-state index contributed by atoms with van der Waals surface area (Å²) in [7, 11) is 0. The van der Waals surface area contributed by atoms with Gasteiger partial charge in [0.15, 0.2) is 6.29 Å². The average Bonchev–Trinajstić information content (AvgIpc) is 3.34. The molecular formula is C57H105NO10. The standard InChI is InChI=1S/C57H105NO10/c1-3-5-7-9-11-13-15-17-19-20-21-22-23-24-25-26-27-28-29-30-31-33-35-37-39-41-43-45-50(61)56(66)58-48(47-67-57-55(65)54(64)53(63)51(46-59)68-57)52(62)49(60)44-42-40-38-36-34-32-18-16-14-12-10-8-6-4-2/h8,10,16,18,24-25,36,38,48-55,57,59-65H,3-7,9,11-15,17,19-23,26-35,37,39-47H2,1-2H3,(H,58,66)/b10-8+,18-16+,25-24-,38-36+. The second-order valence-electron chi connectivity index (χ2n) is 19.6. The van der Waals surface area contributed by atoms with Gasteiger partial charge >= 0.3 is 0 Å². The Morgan fingerprint density at radius 2 is 0.912 bits per heavy atom. The molecule has 0 bridgehead atoms. The summed E-state index contributed by atoms with van der Waals surface area (Å²) < 4.78 is 11.1. The van der Waals surface area contributed by atoms with Gasteiger partial charge in [0.25, 0.3) is 0 Å². The van der Waals surface area contributed by atoms with Crippen LogP contribution < -0.4 is 5.32 Å². The number of amides is 1. The van der Waals surface area contributed by atoms with Crippen molar-refractivity contribution in [1.29, 1.82) is 0 Å². The molecule has 11 nitrogen and oxygen atoms in total. The molecule has 1 amide bonds. The van der Waals surface area contributed by atoms with E-state index in [-0.39, 0.29) is 12.8 Å². The molecule has 1 aliphatic heterocycles. The monoisotopic (exact) mass is 964 g/mol. The average molecular weight is 964 g/mol. The van der Waals surface area contributed by atoms with Crippen LogP contribution in [0.15, 0.2) is 48.6 Å². The SMILES string of the molecule is CCC/C=C/CC/C=C/CC/C=C/CCCC(O)C(O)C(COC1OC(CO)C(O)C(O)C1O)NC(=O)C(O)CCCCCCCCCCCCC/C=C\CCCCCCCCCCCCCC. The lowest BCUT2D eigenvalue weighted by Crippen LogP contribution is -2.60. The highest BCUT2D eigenvalue weighted by molar-refractivity contribution is 5.80. The van der Waals surface area contributed by atoms with Gasteiger partial charge in [-0.1, -0.05) is 204 Å². The maximum Gasteiger partial charge on any atom is 0.249 e. The van der Waals surface area contributed by atoms with Crippen LogP contribution in [0.1, 0.15) is 239 Å². The molecule has 1 rings (SSSR count). The number of nitrogens with one attached hydrogen (secondary N) is 1. The van der Waals surface area contributed by atoms with Crippen molar-refractivity contribution >= 4 is 5.91 Å². The van der Waals surface area contributed by atoms with E-state index in [1.165, 1.54) is 141 Å². The third-order valence-corrected chi connectivity index (χ3v) is 13.3. The number of carbonyl (C=O) groups is 1. The van der Waals surface area contributed by atoms with Gasteiger partial charge in [-0.2, -0.15) is 0 Å². The van der Waals surface area contributed by atoms with Crippen molar-refractivity contribution in [3.8, 4) is 0 Å². The summed E-state index contributed by atoms with van der Waals surface area (Å²) in [4.78, 5) is 13.1. The molecule has 9 atom stereocenters. The van der Waals surface area contributed by atoms with Crippen LogP contribution in [0.25, 0.3) is 0 Å². The van der Waals surface area contributed by atoms with Crippen molar-refractivity contribution in [3.63, 3.8) is 0 Å². The molecule has 0 radical (unpaired) electrons. The fourth-order valence-electron chi connectivity index (χ4n) is 8.71. The van der Waals surface area contributed by atoms with Gasteiger partial charge in [0.1, 0.15) is 36.6 Å². The molecule has 68 heavy (non-hydrogen) atoms. The maximum absolute atomic E-state index is 13.1. The van der Waals surface area contributed by atoms with Crippen LogP contribution in [0.5, 0.6) is 0 Å². The van der Waals surface area contributed by atoms with Crippen molar-refractivity contribution in [1.82, 2.24) is 5.32 Å². The van der Waals surface area contributed by atoms with Gasteiger partial charge in [0.2, 0.25) is 5.91 Å². The third-order valence-electron chi connectivity index (χ3n) is 13.3. The van der Waals surface area contributed by atoms with Crippen molar-refractivity contribution in [3.05, 3.63) is 48.6 Å². The summed E-state index contributed by atoms with van der Waals surface area (Å²) in [5.74, 6) is -0.713. The topological polar surface area (TPSA) is 189 Å². The molecule has 0 saturated carbocycles. The zero-order valence-electron chi connectivity index (χ0n) is 43.3. The lowest BCUT2D eigenvalue weighted by atomic mass is 9.98. The van der Waals surface area contributed by atoms with Crippen LogP contribution in [0, 0.1) is 0 Å². The minimum Gasteiger partial charge on any atom is -0.394 e. The highest BCUT2D eigenvalue weighted by Crippen LogP contribution is 2.23. The van der Waals surface area contributed by atoms with Crippen LogP contribution in [-0.4, -0.2) is 110 Å². The molecule has 0 aromatic rings. The number of rotatable bonds is 47. The van der Waals surface area contributed by atoms with Crippen molar-refractivity contribution < 1.29 is 50.0 Å². The second kappa shape index (κ2) is 46.2. The molecule has 8 N–H and O–H groups in total. The second-order valence-corrected chi connectivity index (χ2v) is 19.6. The van der Waals surface area contributed by atoms with Gasteiger partial charge < -0.3 is 50.5 Å². The van der Waals surface area contributed by atoms with Crippen LogP contribution in [0.3, 0.4) is 0 Å². The Labute approximate surface area is 415 Å². The Kier molecular flexibility index (Phi) is 43.5. The Hall–Kier alpha value is -1.93. The number of aliphatic hydroxyl groups excluding tert-OH is 7. The van der Waals surface area contributed by atoms with Gasteiger partial charge in [-0.15, -0.1) is 0 Å². The third kappa shape index (κ3) is 34.4. The predicted molar refractivity (Wildman–Crippen MR) is 279 cm³/mol. The summed E-state index contributed by atoms with van der Waals surface area (Å²) in [6.07, 6.45) is 46.1. The van der Waals surface area contributed by atoms with E-state index < -0.39 is 74.2 Å². The molecule has 1 aliphatic rings. The first-order valence-electron chi connectivity index (χ1n) is 28.0. The number of unbranched alkanes of at least 4 members (excludes halogenated alkanes) is 27. The first kappa shape index (κ1) is 64.1. The zero-order valence-corrected chi connectivity index (χ0v) is 43.3. The molecule has 398 valence electrons. The van der Waals surface area contributed by atoms with E-state index in [0.29, 0.717) is 19.3 Å². The largest absolute Gasteiger partial charge is 0.394 e. The molecule has 0 aromatic carbocycles. The van der Waals surface area contributed by atoms with Crippen molar-refractivity contribution in [2.24, 2.45) is 0 Å². The van der Waals surface area contributed by atoms with Crippen LogP contribution in [0.4, 0.5) is 0 Å². The predicted octanol–water partition coefficient (Wildman–Crippen LogP) is 11.3. The fraction of sp³-hybridized carbons (Fsp3) is 0.842. The molecule has 11 heteroatoms. The van der Waals surface area contributed by atoms with Crippen LogP contribution in [-0.2, 0) is 14.3 Å². The molecule has 1 saturated heterocycles. The molecule has 9 unspecified atom stereocenters. The van der Waals surface area contributed by atoms with E-state index >= 15 is 0 Å². The fourth-order valence-corrected chi connectivity index (χ4v) is 8.71. The van der Waals surface area contributed by atoms with Crippen LogP contribution >= 0.6 is 0 Å². The first-order valence-corrected chi connectivity index (χ1v) is 28.0. The smallest absolute Gasteiger partial charge is 0.249 e. The Morgan fingerprint density at radius 3 is 1.37 bits per heavy atom. The minimum absolute atomic E-state index is 0.239. The van der Waals surface area contributed by atoms with E-state index in [1.54, 1.807) is 0 Å². The van der Waals surface area contributed by atoms with E-state index in [9.17, 15) is 40.5 Å². The molecule has 1 fully saturated rings. The van der Waals surface area contributed by atoms with E-state index in [4.69, 9.17) is 9.47 Å². The number of hydrogen-bond donors (Lipinski definition) is 8. The van der Waals surface area contributed by atoms with E-state index in [2.05, 4.69) is 67.8 Å². The molecule has 0 aliphatic carbocycles. The molecule has 0 aromatic heterocycles. The lowest BCUT2D eigenvalue weighted by molar-refractivity contribution is -0.303. The quantitative estimate of drug-likeness (QED) is 0.0215. The Morgan fingerprint density at radius 1 is 0.500 bits per heavy atom. The van der Waals surface area contributed by atoms with Gasteiger partial charge in [0.05, 0.1) is 25.4 Å². The zero-order chi connectivity index (χ0) is 49.7. The summed E-state index contributed by atoms with van der Waals surface area (Å²) in [5, 5.41) is 75.9. The Bertz CT molecular complexity index is 1240. The normalized spacial score (nSPS) is 20.9. The first-order chi connectivity index (χ1) is 33.2. The maximum atomic E-state index is 13.1. The summed E-state index contributed by atoms with van der Waals surface area (Å²) in [5.41, 5.74) is 0. The molecule has 1 heterocycles. The van der Waals surface area contributed by atoms with E-state index in [1.807, 2.05) is 0 Å². The Balaban J connectivity index is 2.30. The van der Waals surface area contributed by atoms with Gasteiger partial charge in [-0.25, -0.2) is 0 Å². The number of hydrogen-bond acceptors (Lipinski definition) is 10. The van der Waals surface area contributed by atoms with Crippen molar-refractivity contribution in [2.45, 2.75) is 294 Å². The summed E-state index contributed by atoms with van der Waals surface area (Å²) >= 11 is 0.